The normalized spacial score (nSPS) is 12.4. The number of oxazole rings is 1. The number of hydrogen-bond donors (Lipinski definition) is 1. The second-order valence-corrected chi connectivity index (χ2v) is 13.1. The fourth-order valence-electron chi connectivity index (χ4n) is 7.20. The zero-order valence-electron chi connectivity index (χ0n) is 27.9. The highest BCUT2D eigenvalue weighted by Gasteiger charge is 2.35. The van der Waals surface area contributed by atoms with Crippen LogP contribution in [-0.4, -0.2) is 4.98 Å². The highest BCUT2D eigenvalue weighted by molar-refractivity contribution is 5.91. The summed E-state index contributed by atoms with van der Waals surface area (Å²) >= 11 is 0. The predicted molar refractivity (Wildman–Crippen MR) is 197 cm³/mol. The molecule has 51 heavy (non-hydrogen) atoms. The summed E-state index contributed by atoms with van der Waals surface area (Å²) in [7, 11) is 0. The first kappa shape index (κ1) is 31.1. The van der Waals surface area contributed by atoms with Gasteiger partial charge in [0.05, 0.1) is 22.4 Å². The Hall–Kier alpha value is -7.14. The van der Waals surface area contributed by atoms with Crippen molar-refractivity contribution in [1.29, 1.82) is 15.8 Å². The molecule has 7 nitrogen and oxygen atoms in total. The molecule has 242 valence electrons. The van der Waals surface area contributed by atoms with Crippen LogP contribution in [-0.2, 0) is 12.0 Å². The molecule has 0 saturated heterocycles. The fourth-order valence-corrected chi connectivity index (χ4v) is 7.20. The number of nitriles is 3. The number of anilines is 1. The molecule has 0 fully saturated rings. The Kier molecular flexibility index (Phi) is 7.38. The van der Waals surface area contributed by atoms with Crippen LogP contribution < -0.4 is 10.5 Å². The third kappa shape index (κ3) is 5.15. The summed E-state index contributed by atoms with van der Waals surface area (Å²) < 4.78 is 12.3. The van der Waals surface area contributed by atoms with E-state index in [4.69, 9.17) is 19.9 Å². The molecule has 0 bridgehead atoms. The Bertz CT molecular complexity index is 2650. The van der Waals surface area contributed by atoms with E-state index in [1.165, 1.54) is 11.1 Å². The number of para-hydroxylation sites is 4. The second-order valence-electron chi connectivity index (χ2n) is 13.1. The number of ether oxygens (including phenoxy) is 1. The van der Waals surface area contributed by atoms with Crippen molar-refractivity contribution in [3.05, 3.63) is 149 Å². The Balaban J connectivity index is 1.33. The van der Waals surface area contributed by atoms with E-state index in [0.29, 0.717) is 56.2 Å². The van der Waals surface area contributed by atoms with Gasteiger partial charge in [0, 0.05) is 22.1 Å². The quantitative estimate of drug-likeness (QED) is 0.176. The first-order valence-electron chi connectivity index (χ1n) is 16.4. The van der Waals surface area contributed by atoms with Crippen molar-refractivity contribution in [2.24, 2.45) is 0 Å². The van der Waals surface area contributed by atoms with Gasteiger partial charge in [0.15, 0.2) is 5.58 Å². The maximum absolute atomic E-state index is 10.9. The SMILES string of the molecule is CC1(C)c2ccccc2-c2ccc(-c3c(C#N)c(C#N)cc(-c4cc(COc5ccccc5N)cc(-c5nc6ccccc6o5)c4)c3C#N)cc21. The topological polar surface area (TPSA) is 133 Å². The molecule has 0 spiro atoms. The number of rotatable bonds is 6. The maximum atomic E-state index is 10.9. The molecule has 0 saturated carbocycles. The van der Waals surface area contributed by atoms with Crippen molar-refractivity contribution in [1.82, 2.24) is 4.98 Å². The molecule has 6 aromatic carbocycles. The summed E-state index contributed by atoms with van der Waals surface area (Å²) in [4.78, 5) is 4.74. The molecule has 8 rings (SSSR count). The largest absolute Gasteiger partial charge is 0.487 e. The van der Waals surface area contributed by atoms with Crippen molar-refractivity contribution in [2.45, 2.75) is 25.9 Å². The Morgan fingerprint density at radius 2 is 1.41 bits per heavy atom. The zero-order chi connectivity index (χ0) is 35.3. The van der Waals surface area contributed by atoms with E-state index < -0.39 is 0 Å². The van der Waals surface area contributed by atoms with Gasteiger partial charge in [-0.3, -0.25) is 0 Å². The molecule has 0 amide bonds. The molecule has 0 radical (unpaired) electrons. The van der Waals surface area contributed by atoms with E-state index in [0.717, 1.165) is 16.7 Å². The number of hydrogen-bond acceptors (Lipinski definition) is 7. The van der Waals surface area contributed by atoms with Crippen molar-refractivity contribution < 1.29 is 9.15 Å². The molecular formula is C44H29N5O2. The average molecular weight is 660 g/mol. The van der Waals surface area contributed by atoms with Crippen LogP contribution in [0.2, 0.25) is 0 Å². The van der Waals surface area contributed by atoms with Gasteiger partial charge >= 0.3 is 0 Å². The van der Waals surface area contributed by atoms with Gasteiger partial charge in [-0.1, -0.05) is 74.5 Å². The number of benzene rings is 6. The monoisotopic (exact) mass is 659 g/mol. The molecule has 1 aliphatic carbocycles. The minimum absolute atomic E-state index is 0.157. The lowest BCUT2D eigenvalue weighted by Crippen LogP contribution is -2.15. The second kappa shape index (κ2) is 12.1. The van der Waals surface area contributed by atoms with Gasteiger partial charge < -0.3 is 14.9 Å². The van der Waals surface area contributed by atoms with Crippen molar-refractivity contribution in [3.63, 3.8) is 0 Å². The predicted octanol–water partition coefficient (Wildman–Crippen LogP) is 9.91. The summed E-state index contributed by atoms with van der Waals surface area (Å²) in [5.74, 6) is 0.935. The third-order valence-corrected chi connectivity index (χ3v) is 9.70. The summed E-state index contributed by atoms with van der Waals surface area (Å²) in [6.07, 6.45) is 0. The standard InChI is InChI=1S/C44H29N5O2/c1-44(2)36-10-4-3-9-31(36)32-16-15-27(21-37(32)44)42-34(23-46)30(22-45)20-33(35(42)24-47)28-17-26(25-50-40-13-7-5-11-38(40)48)18-29(19-28)43-49-39-12-6-8-14-41(39)51-43/h3-21H,25,48H2,1-2H3. The molecule has 7 heteroatoms. The molecule has 1 aromatic heterocycles. The lowest BCUT2D eigenvalue weighted by Gasteiger charge is -2.22. The van der Waals surface area contributed by atoms with Gasteiger partial charge in [-0.25, -0.2) is 4.98 Å². The van der Waals surface area contributed by atoms with Crippen LogP contribution in [0.1, 0.15) is 47.2 Å². The lowest BCUT2D eigenvalue weighted by molar-refractivity contribution is 0.308. The van der Waals surface area contributed by atoms with E-state index in [9.17, 15) is 15.8 Å². The number of nitrogens with zero attached hydrogens (tertiary/aromatic N) is 4. The highest BCUT2D eigenvalue weighted by Crippen LogP contribution is 2.50. The molecule has 1 heterocycles. The third-order valence-electron chi connectivity index (χ3n) is 9.70. The van der Waals surface area contributed by atoms with Crippen molar-refractivity contribution >= 4 is 16.8 Å². The van der Waals surface area contributed by atoms with E-state index in [-0.39, 0.29) is 28.7 Å². The number of nitrogens with two attached hydrogens (primary N) is 1. The van der Waals surface area contributed by atoms with Crippen molar-refractivity contribution in [2.75, 3.05) is 5.73 Å². The minimum atomic E-state index is -0.303. The molecule has 0 aliphatic heterocycles. The first-order valence-corrected chi connectivity index (χ1v) is 16.4. The summed E-state index contributed by atoms with van der Waals surface area (Å²) in [5.41, 5.74) is 16.6. The van der Waals surface area contributed by atoms with Gasteiger partial charge in [0.2, 0.25) is 5.89 Å². The summed E-state index contributed by atoms with van der Waals surface area (Å²) in [5, 5.41) is 31.7. The smallest absolute Gasteiger partial charge is 0.227 e. The zero-order valence-corrected chi connectivity index (χ0v) is 27.9. The van der Waals surface area contributed by atoms with Gasteiger partial charge in [0.25, 0.3) is 0 Å². The van der Waals surface area contributed by atoms with Crippen LogP contribution in [0.4, 0.5) is 5.69 Å². The number of nitrogen functional groups attached to an aromatic ring is 1. The van der Waals surface area contributed by atoms with Crippen LogP contribution >= 0.6 is 0 Å². The molecule has 0 unspecified atom stereocenters. The van der Waals surface area contributed by atoms with E-state index >= 15 is 0 Å². The fraction of sp³-hybridized carbons (Fsp3) is 0.0909. The van der Waals surface area contributed by atoms with Gasteiger partial charge in [0.1, 0.15) is 36.1 Å². The van der Waals surface area contributed by atoms with Crippen LogP contribution in [0.15, 0.2) is 120 Å². The Labute approximate surface area is 295 Å². The van der Waals surface area contributed by atoms with E-state index in [2.05, 4.69) is 56.3 Å². The van der Waals surface area contributed by atoms with E-state index in [1.807, 2.05) is 72.8 Å². The Morgan fingerprint density at radius 1 is 0.686 bits per heavy atom. The molecule has 1 aliphatic rings. The van der Waals surface area contributed by atoms with Crippen LogP contribution in [0.25, 0.3) is 55.9 Å². The minimum Gasteiger partial charge on any atom is -0.487 e. The molecular weight excluding hydrogens is 631 g/mol. The summed E-state index contributed by atoms with van der Waals surface area (Å²) in [6, 6.07) is 43.4. The average Bonchev–Trinajstić information content (AvgIpc) is 3.70. The molecule has 0 atom stereocenters. The van der Waals surface area contributed by atoms with Gasteiger partial charge in [-0.05, 0) is 93.5 Å². The first-order chi connectivity index (χ1) is 24.8. The maximum Gasteiger partial charge on any atom is 0.227 e. The Morgan fingerprint density at radius 3 is 2.20 bits per heavy atom. The molecule has 7 aromatic rings. The highest BCUT2D eigenvalue weighted by atomic mass is 16.5. The molecule has 2 N–H and O–H groups in total. The van der Waals surface area contributed by atoms with E-state index in [1.54, 1.807) is 18.2 Å². The van der Waals surface area contributed by atoms with Crippen LogP contribution in [0.5, 0.6) is 5.75 Å². The van der Waals surface area contributed by atoms with Gasteiger partial charge in [-0.2, -0.15) is 15.8 Å². The summed E-state index contributed by atoms with van der Waals surface area (Å²) in [6.45, 7) is 4.52. The van der Waals surface area contributed by atoms with Crippen LogP contribution in [0.3, 0.4) is 0 Å². The number of fused-ring (bicyclic) bond motifs is 4. The van der Waals surface area contributed by atoms with Crippen molar-refractivity contribution in [3.8, 4) is 68.8 Å². The van der Waals surface area contributed by atoms with Crippen LogP contribution in [0, 0.1) is 34.0 Å². The number of aromatic nitrogens is 1. The van der Waals surface area contributed by atoms with Gasteiger partial charge in [-0.15, -0.1) is 0 Å². The lowest BCUT2D eigenvalue weighted by atomic mass is 9.80.